The van der Waals surface area contributed by atoms with E-state index in [0.717, 1.165) is 11.3 Å². The van der Waals surface area contributed by atoms with E-state index in [2.05, 4.69) is 30.5 Å². The Bertz CT molecular complexity index is 1890. The van der Waals surface area contributed by atoms with Gasteiger partial charge in [0.05, 0.1) is 23.3 Å². The van der Waals surface area contributed by atoms with Gasteiger partial charge in [0.25, 0.3) is 5.56 Å². The molecule has 14 heteroatoms. The van der Waals surface area contributed by atoms with Crippen LogP contribution in [0.15, 0.2) is 65.4 Å². The smallest absolute Gasteiger partial charge is 0.384 e. The number of rotatable bonds is 4. The first-order valence-corrected chi connectivity index (χ1v) is 12.0. The zero-order valence-electron chi connectivity index (χ0n) is 19.6. The number of hydrogen-bond donors (Lipinski definition) is 2. The SMILES string of the molecule is Nc1ccc(-c2cnc(C3=C4CC4c4cc(-c5cc(Cl)ccc5-n5cnnn5)cc(=O)n43)[nH]2)c(C(F)(F)F)n1. The van der Waals surface area contributed by atoms with Gasteiger partial charge in [-0.05, 0) is 64.4 Å². The van der Waals surface area contributed by atoms with Crippen LogP contribution in [0.3, 0.4) is 0 Å². The number of H-pyrrole nitrogens is 1. The van der Waals surface area contributed by atoms with E-state index in [0.29, 0.717) is 34.0 Å². The Morgan fingerprint density at radius 3 is 2.72 bits per heavy atom. The maximum absolute atomic E-state index is 13.6. The van der Waals surface area contributed by atoms with Gasteiger partial charge >= 0.3 is 6.18 Å². The second kappa shape index (κ2) is 8.11. The second-order valence-corrected chi connectivity index (χ2v) is 9.60. The summed E-state index contributed by atoms with van der Waals surface area (Å²) >= 11 is 6.28. The number of hydrogen-bond acceptors (Lipinski definition) is 7. The minimum absolute atomic E-state index is 0.000738. The Kier molecular flexibility index (Phi) is 4.85. The van der Waals surface area contributed by atoms with Crippen LogP contribution in [0.2, 0.25) is 5.02 Å². The average molecular weight is 550 g/mol. The van der Waals surface area contributed by atoms with E-state index in [-0.39, 0.29) is 34.4 Å². The van der Waals surface area contributed by atoms with Crippen molar-refractivity contribution in [2.45, 2.75) is 18.5 Å². The minimum atomic E-state index is -4.71. The minimum Gasteiger partial charge on any atom is -0.384 e. The fourth-order valence-electron chi connectivity index (χ4n) is 5.05. The van der Waals surface area contributed by atoms with Crippen LogP contribution >= 0.6 is 11.6 Å². The number of nitrogens with two attached hydrogens (primary N) is 1. The van der Waals surface area contributed by atoms with Crippen molar-refractivity contribution in [2.75, 3.05) is 5.73 Å². The molecule has 1 unspecified atom stereocenters. The van der Waals surface area contributed by atoms with Gasteiger partial charge in [0.15, 0.2) is 11.5 Å². The Hall–Kier alpha value is -4.78. The van der Waals surface area contributed by atoms with Gasteiger partial charge in [-0.2, -0.15) is 17.9 Å². The molecule has 7 rings (SSSR count). The van der Waals surface area contributed by atoms with Crippen LogP contribution in [0.1, 0.15) is 29.6 Å². The van der Waals surface area contributed by atoms with Crippen molar-refractivity contribution in [1.29, 1.82) is 0 Å². The van der Waals surface area contributed by atoms with E-state index in [1.807, 2.05) is 6.07 Å². The number of nitrogen functional groups attached to an aromatic ring is 1. The Morgan fingerprint density at radius 1 is 1.10 bits per heavy atom. The molecule has 39 heavy (non-hydrogen) atoms. The molecule has 5 aromatic rings. The number of nitrogens with zero attached hydrogens (tertiary/aromatic N) is 7. The quantitative estimate of drug-likeness (QED) is 0.341. The van der Waals surface area contributed by atoms with E-state index < -0.39 is 11.9 Å². The van der Waals surface area contributed by atoms with Crippen molar-refractivity contribution in [2.24, 2.45) is 0 Å². The highest BCUT2D eigenvalue weighted by atomic mass is 35.5. The summed E-state index contributed by atoms with van der Waals surface area (Å²) in [6, 6.07) is 11.1. The largest absolute Gasteiger partial charge is 0.434 e. The molecule has 1 atom stereocenters. The second-order valence-electron chi connectivity index (χ2n) is 9.16. The molecule has 194 valence electrons. The van der Waals surface area contributed by atoms with Crippen molar-refractivity contribution in [1.82, 2.24) is 39.7 Å². The molecule has 0 bridgehead atoms. The van der Waals surface area contributed by atoms with Gasteiger partial charge in [0.1, 0.15) is 12.1 Å². The van der Waals surface area contributed by atoms with Crippen molar-refractivity contribution in [3.05, 3.63) is 93.2 Å². The number of imidazole rings is 1. The van der Waals surface area contributed by atoms with Crippen LogP contribution < -0.4 is 11.3 Å². The van der Waals surface area contributed by atoms with Crippen LogP contribution in [0.5, 0.6) is 0 Å². The van der Waals surface area contributed by atoms with Crippen molar-refractivity contribution in [3.63, 3.8) is 0 Å². The van der Waals surface area contributed by atoms with Gasteiger partial charge in [-0.25, -0.2) is 9.97 Å². The van der Waals surface area contributed by atoms with Crippen LogP contribution in [0, 0.1) is 0 Å². The molecule has 5 heterocycles. The number of aromatic nitrogens is 8. The predicted octanol–water partition coefficient (Wildman–Crippen LogP) is 4.29. The fraction of sp³-hybridized carbons (Fsp3) is 0.120. The number of aromatic amines is 1. The molecule has 1 aromatic carbocycles. The predicted molar refractivity (Wildman–Crippen MR) is 135 cm³/mol. The Balaban J connectivity index is 1.31. The van der Waals surface area contributed by atoms with E-state index in [1.54, 1.807) is 22.8 Å². The summed E-state index contributed by atoms with van der Waals surface area (Å²) in [4.78, 5) is 24.2. The molecular formula is C25H15ClF3N9O. The van der Waals surface area contributed by atoms with Crippen LogP contribution in [0.25, 0.3) is 33.8 Å². The zero-order chi connectivity index (χ0) is 27.1. The molecule has 1 aliphatic heterocycles. The number of fused-ring (bicyclic) bond motifs is 3. The average Bonchev–Trinajstić information content (AvgIpc) is 3.25. The van der Waals surface area contributed by atoms with Gasteiger partial charge in [0.2, 0.25) is 0 Å². The number of anilines is 1. The molecule has 4 aromatic heterocycles. The number of alkyl halides is 3. The van der Waals surface area contributed by atoms with Crippen molar-refractivity contribution >= 4 is 23.1 Å². The van der Waals surface area contributed by atoms with Gasteiger partial charge in [0, 0.05) is 33.8 Å². The van der Waals surface area contributed by atoms with E-state index in [9.17, 15) is 18.0 Å². The molecular weight excluding hydrogens is 535 g/mol. The van der Waals surface area contributed by atoms with Crippen molar-refractivity contribution < 1.29 is 13.2 Å². The maximum Gasteiger partial charge on any atom is 0.434 e. The van der Waals surface area contributed by atoms with Crippen molar-refractivity contribution in [3.8, 4) is 28.1 Å². The summed E-state index contributed by atoms with van der Waals surface area (Å²) in [5.74, 6) is 0.0468. The molecule has 10 nitrogen and oxygen atoms in total. The molecule has 1 aliphatic carbocycles. The van der Waals surface area contributed by atoms with Gasteiger partial charge in [-0.1, -0.05) is 11.6 Å². The highest BCUT2D eigenvalue weighted by Gasteiger charge is 2.45. The molecule has 0 amide bonds. The molecule has 0 radical (unpaired) electrons. The lowest BCUT2D eigenvalue weighted by atomic mass is 10.0. The molecule has 0 saturated heterocycles. The lowest BCUT2D eigenvalue weighted by Crippen LogP contribution is -2.21. The van der Waals surface area contributed by atoms with Gasteiger partial charge < -0.3 is 10.7 Å². The molecule has 1 saturated carbocycles. The Morgan fingerprint density at radius 2 is 1.95 bits per heavy atom. The first kappa shape index (κ1) is 23.3. The molecule has 0 spiro atoms. The first-order chi connectivity index (χ1) is 18.7. The third kappa shape index (κ3) is 3.73. The monoisotopic (exact) mass is 549 g/mol. The van der Waals surface area contributed by atoms with Gasteiger partial charge in [-0.3, -0.25) is 9.36 Å². The summed E-state index contributed by atoms with van der Waals surface area (Å²) in [5, 5.41) is 11.8. The van der Waals surface area contributed by atoms with Gasteiger partial charge in [-0.15, -0.1) is 5.10 Å². The highest BCUT2D eigenvalue weighted by Crippen LogP contribution is 2.56. The normalized spacial score (nSPS) is 15.9. The topological polar surface area (TPSA) is 133 Å². The summed E-state index contributed by atoms with van der Waals surface area (Å²) in [6.07, 6.45) is -1.26. The molecule has 3 N–H and O–H groups in total. The zero-order valence-corrected chi connectivity index (χ0v) is 20.4. The molecule has 1 fully saturated rings. The van der Waals surface area contributed by atoms with Crippen LogP contribution in [0.4, 0.5) is 19.0 Å². The first-order valence-electron chi connectivity index (χ1n) is 11.6. The third-order valence-electron chi connectivity index (χ3n) is 6.77. The standard InChI is InChI=1S/C25H15ClF3N9O/c26-12-1-3-18(37-10-32-35-36-37)14(7-12)11-5-19-15-8-16(15)22(38(19)21(39)6-11)24-31-9-17(33-24)13-2-4-20(30)34-23(13)25(27,28)29/h1-7,9-10,15H,8H2,(H2,30,34)(H,31,33). The highest BCUT2D eigenvalue weighted by molar-refractivity contribution is 6.31. The van der Waals surface area contributed by atoms with Crippen LogP contribution in [-0.2, 0) is 6.18 Å². The number of benzene rings is 1. The lowest BCUT2D eigenvalue weighted by Gasteiger charge is -2.14. The number of nitrogens with one attached hydrogen (secondary N) is 1. The number of tetrazole rings is 1. The third-order valence-corrected chi connectivity index (χ3v) is 7.01. The lowest BCUT2D eigenvalue weighted by molar-refractivity contribution is -0.140. The maximum atomic E-state index is 13.6. The molecule has 2 aliphatic rings. The van der Waals surface area contributed by atoms with E-state index >= 15 is 0 Å². The summed E-state index contributed by atoms with van der Waals surface area (Å²) in [7, 11) is 0. The summed E-state index contributed by atoms with van der Waals surface area (Å²) < 4.78 is 43.9. The van der Waals surface area contributed by atoms with E-state index in [1.165, 1.54) is 35.4 Å². The van der Waals surface area contributed by atoms with Crippen LogP contribution in [-0.4, -0.2) is 39.7 Å². The number of halogens is 4. The Labute approximate surface area is 221 Å². The fourth-order valence-corrected chi connectivity index (χ4v) is 5.22. The summed E-state index contributed by atoms with van der Waals surface area (Å²) in [5.41, 5.74) is 8.21. The van der Waals surface area contributed by atoms with E-state index in [4.69, 9.17) is 17.3 Å². The number of allylic oxidation sites excluding steroid dienone is 1. The number of pyridine rings is 2. The summed E-state index contributed by atoms with van der Waals surface area (Å²) in [6.45, 7) is 0.